The molecule has 0 radical (unpaired) electrons. The van der Waals surface area contributed by atoms with Crippen LogP contribution in [0.15, 0.2) is 0 Å². The highest BCUT2D eigenvalue weighted by atomic mass is 16.2. The van der Waals surface area contributed by atoms with Gasteiger partial charge in [0.05, 0.1) is 6.04 Å². The fraction of sp³-hybridized carbons (Fsp3) is 0.893. The van der Waals surface area contributed by atoms with Gasteiger partial charge in [-0.1, -0.05) is 89.9 Å². The van der Waals surface area contributed by atoms with Gasteiger partial charge in [-0.25, -0.2) is 0 Å². The van der Waals surface area contributed by atoms with Crippen molar-refractivity contribution in [3.05, 3.63) is 0 Å². The molecule has 4 N–H and O–H groups in total. The Kier molecular flexibility index (Phi) is 23.6. The SMILES string of the molecule is CNC(CCCCNC(=O)CCCCCCCCCCCCCCCCCCC(C)=O)C(N)=O. The Balaban J connectivity index is 3.24. The standard InChI is InChI=1S/C28H55N3O3/c1-25(32)21-17-15-13-11-9-7-5-3-4-6-8-10-12-14-16-18-23-27(33)31-24-20-19-22-26(30-2)28(29)34/h26,30H,3-24H2,1-2H3,(H2,29,34)(H,31,33). The van der Waals surface area contributed by atoms with Crippen LogP contribution in [-0.2, 0) is 14.4 Å². The minimum absolute atomic E-state index is 0.146. The molecule has 1 atom stereocenters. The van der Waals surface area contributed by atoms with Crippen LogP contribution in [0.4, 0.5) is 0 Å². The lowest BCUT2D eigenvalue weighted by Gasteiger charge is -2.11. The summed E-state index contributed by atoms with van der Waals surface area (Å²) >= 11 is 0. The van der Waals surface area contributed by atoms with E-state index in [-0.39, 0.29) is 17.9 Å². The quantitative estimate of drug-likeness (QED) is 0.133. The van der Waals surface area contributed by atoms with Crippen LogP contribution in [0.5, 0.6) is 0 Å². The molecule has 0 spiro atoms. The van der Waals surface area contributed by atoms with E-state index >= 15 is 0 Å². The van der Waals surface area contributed by atoms with Crippen LogP contribution in [0.25, 0.3) is 0 Å². The normalized spacial score (nSPS) is 11.9. The zero-order chi connectivity index (χ0) is 25.3. The monoisotopic (exact) mass is 481 g/mol. The summed E-state index contributed by atoms with van der Waals surface area (Å²) in [7, 11) is 1.74. The van der Waals surface area contributed by atoms with Crippen LogP contribution in [0, 0.1) is 0 Å². The maximum absolute atomic E-state index is 11.9. The van der Waals surface area contributed by atoms with E-state index in [9.17, 15) is 14.4 Å². The number of primary amides is 1. The summed E-state index contributed by atoms with van der Waals surface area (Å²) in [6, 6.07) is -0.272. The molecule has 1 unspecified atom stereocenters. The van der Waals surface area contributed by atoms with Crippen LogP contribution >= 0.6 is 0 Å². The van der Waals surface area contributed by atoms with Gasteiger partial charge in [-0.2, -0.15) is 0 Å². The summed E-state index contributed by atoms with van der Waals surface area (Å²) in [6.45, 7) is 2.36. The van der Waals surface area contributed by atoms with Crippen molar-refractivity contribution < 1.29 is 14.4 Å². The van der Waals surface area contributed by atoms with Gasteiger partial charge in [-0.15, -0.1) is 0 Å². The summed E-state index contributed by atoms with van der Waals surface area (Å²) in [5.41, 5.74) is 5.29. The maximum Gasteiger partial charge on any atom is 0.234 e. The van der Waals surface area contributed by atoms with E-state index in [0.717, 1.165) is 38.5 Å². The second kappa shape index (κ2) is 24.7. The molecule has 6 heteroatoms. The minimum Gasteiger partial charge on any atom is -0.368 e. The van der Waals surface area contributed by atoms with E-state index in [0.29, 0.717) is 25.2 Å². The molecule has 0 fully saturated rings. The predicted molar refractivity (Wildman–Crippen MR) is 143 cm³/mol. The Labute approximate surface area is 210 Å². The lowest BCUT2D eigenvalue weighted by atomic mass is 10.0. The van der Waals surface area contributed by atoms with Crippen LogP contribution in [-0.4, -0.2) is 37.2 Å². The smallest absolute Gasteiger partial charge is 0.234 e. The Morgan fingerprint density at radius 1 is 0.618 bits per heavy atom. The highest BCUT2D eigenvalue weighted by molar-refractivity contribution is 5.79. The zero-order valence-corrected chi connectivity index (χ0v) is 22.4. The van der Waals surface area contributed by atoms with Gasteiger partial charge in [0.15, 0.2) is 0 Å². The molecule has 2 amide bonds. The Bertz CT molecular complexity index is 511. The molecular formula is C28H55N3O3. The molecule has 0 aromatic rings. The van der Waals surface area contributed by atoms with Gasteiger partial charge in [-0.3, -0.25) is 9.59 Å². The number of nitrogens with two attached hydrogens (primary N) is 1. The van der Waals surface area contributed by atoms with Gasteiger partial charge >= 0.3 is 0 Å². The van der Waals surface area contributed by atoms with Crippen molar-refractivity contribution in [1.82, 2.24) is 10.6 Å². The summed E-state index contributed by atoms with van der Waals surface area (Å²) in [5.74, 6) is 0.155. The first-order valence-electron chi connectivity index (χ1n) is 14.2. The Morgan fingerprint density at radius 2 is 1.03 bits per heavy atom. The average Bonchev–Trinajstić information content (AvgIpc) is 2.80. The Hall–Kier alpha value is -1.43. The van der Waals surface area contributed by atoms with Gasteiger partial charge in [0.2, 0.25) is 11.8 Å². The number of likely N-dealkylation sites (N-methyl/N-ethyl adjacent to an activating group) is 1. The van der Waals surface area contributed by atoms with Crippen molar-refractivity contribution in [2.24, 2.45) is 5.73 Å². The first-order valence-corrected chi connectivity index (χ1v) is 14.2. The molecule has 200 valence electrons. The third kappa shape index (κ3) is 23.7. The molecule has 0 aliphatic carbocycles. The highest BCUT2D eigenvalue weighted by Crippen LogP contribution is 2.14. The number of ketones is 1. The number of rotatable bonds is 26. The third-order valence-electron chi connectivity index (χ3n) is 6.62. The van der Waals surface area contributed by atoms with Gasteiger partial charge in [0.25, 0.3) is 0 Å². The number of hydrogen-bond donors (Lipinski definition) is 3. The molecule has 0 aromatic heterocycles. The summed E-state index contributed by atoms with van der Waals surface area (Å²) in [4.78, 5) is 33.9. The lowest BCUT2D eigenvalue weighted by molar-refractivity contribution is -0.121. The first kappa shape index (κ1) is 32.6. The molecule has 34 heavy (non-hydrogen) atoms. The highest BCUT2D eigenvalue weighted by Gasteiger charge is 2.11. The minimum atomic E-state index is -0.317. The van der Waals surface area contributed by atoms with Gasteiger partial charge in [0.1, 0.15) is 5.78 Å². The van der Waals surface area contributed by atoms with E-state index in [1.807, 2.05) is 0 Å². The van der Waals surface area contributed by atoms with E-state index in [4.69, 9.17) is 5.73 Å². The van der Waals surface area contributed by atoms with E-state index in [2.05, 4.69) is 10.6 Å². The molecule has 0 bridgehead atoms. The molecule has 0 saturated carbocycles. The molecule has 0 rings (SSSR count). The van der Waals surface area contributed by atoms with Crippen LogP contribution in [0.1, 0.15) is 142 Å². The van der Waals surface area contributed by atoms with Crippen molar-refractivity contribution in [1.29, 1.82) is 0 Å². The Morgan fingerprint density at radius 3 is 1.41 bits per heavy atom. The third-order valence-corrected chi connectivity index (χ3v) is 6.62. The lowest BCUT2D eigenvalue weighted by Crippen LogP contribution is -2.39. The van der Waals surface area contributed by atoms with Crippen molar-refractivity contribution in [2.75, 3.05) is 13.6 Å². The van der Waals surface area contributed by atoms with Crippen molar-refractivity contribution in [3.8, 4) is 0 Å². The van der Waals surface area contributed by atoms with Crippen molar-refractivity contribution in [3.63, 3.8) is 0 Å². The van der Waals surface area contributed by atoms with Gasteiger partial charge < -0.3 is 21.2 Å². The summed E-state index contributed by atoms with van der Waals surface area (Å²) in [6.07, 6.45) is 24.3. The number of Topliss-reactive ketones (excluding diaryl/α,β-unsaturated/α-hetero) is 1. The number of carbonyl (C=O) groups is 3. The van der Waals surface area contributed by atoms with Gasteiger partial charge in [0, 0.05) is 19.4 Å². The van der Waals surface area contributed by atoms with E-state index in [1.54, 1.807) is 14.0 Å². The van der Waals surface area contributed by atoms with Gasteiger partial charge in [-0.05, 0) is 46.1 Å². The number of carbonyl (C=O) groups excluding carboxylic acids is 3. The van der Waals surface area contributed by atoms with Crippen LogP contribution in [0.3, 0.4) is 0 Å². The number of amides is 2. The summed E-state index contributed by atoms with van der Waals surface area (Å²) < 4.78 is 0. The largest absolute Gasteiger partial charge is 0.368 e. The molecule has 0 aliphatic heterocycles. The fourth-order valence-electron chi connectivity index (χ4n) is 4.35. The molecule has 6 nitrogen and oxygen atoms in total. The molecule has 0 aliphatic rings. The van der Waals surface area contributed by atoms with E-state index < -0.39 is 0 Å². The molecule has 0 aromatic carbocycles. The van der Waals surface area contributed by atoms with Crippen molar-refractivity contribution in [2.45, 2.75) is 148 Å². The zero-order valence-electron chi connectivity index (χ0n) is 22.4. The van der Waals surface area contributed by atoms with Crippen LogP contribution in [0.2, 0.25) is 0 Å². The maximum atomic E-state index is 11.9. The second-order valence-electron chi connectivity index (χ2n) is 9.95. The fourth-order valence-corrected chi connectivity index (χ4v) is 4.35. The molecular weight excluding hydrogens is 426 g/mol. The first-order chi connectivity index (χ1) is 16.5. The average molecular weight is 482 g/mol. The topological polar surface area (TPSA) is 101 Å². The summed E-state index contributed by atoms with van der Waals surface area (Å²) in [5, 5.41) is 5.88. The molecule has 0 heterocycles. The molecule has 0 saturated heterocycles. The predicted octanol–water partition coefficient (Wildman–Crippen LogP) is 5.96. The number of hydrogen-bond acceptors (Lipinski definition) is 4. The number of nitrogens with one attached hydrogen (secondary N) is 2. The van der Waals surface area contributed by atoms with Crippen LogP contribution < -0.4 is 16.4 Å². The van der Waals surface area contributed by atoms with Crippen molar-refractivity contribution >= 4 is 17.6 Å². The van der Waals surface area contributed by atoms with E-state index in [1.165, 1.54) is 83.5 Å². The number of unbranched alkanes of at least 4 members (excludes halogenated alkanes) is 16. The second-order valence-corrected chi connectivity index (χ2v) is 9.95.